The minimum absolute atomic E-state index is 0. The van der Waals surface area contributed by atoms with E-state index in [0.717, 1.165) is 44.9 Å². The number of aromatic nitrogens is 3. The van der Waals surface area contributed by atoms with Crippen LogP contribution in [0.2, 0.25) is 0 Å². The summed E-state index contributed by atoms with van der Waals surface area (Å²) in [6.45, 7) is 4.29. The topological polar surface area (TPSA) is 38.7 Å². The summed E-state index contributed by atoms with van der Waals surface area (Å²) in [5.41, 5.74) is 13.8. The van der Waals surface area contributed by atoms with Crippen LogP contribution in [0.4, 0.5) is 0 Å². The van der Waals surface area contributed by atoms with Crippen molar-refractivity contribution in [2.75, 3.05) is 0 Å². The smallest absolute Gasteiger partial charge is 0.161 e. The monoisotopic (exact) mass is 757 g/mol. The molecule has 7 rings (SSSR count). The number of hydrogen-bond acceptors (Lipinski definition) is 3. The quantitative estimate of drug-likeness (QED) is 0.159. The van der Waals surface area contributed by atoms with Crippen molar-refractivity contribution in [2.45, 2.75) is 13.8 Å². The number of benzene rings is 5. The second-order valence-electron chi connectivity index (χ2n) is 11.0. The van der Waals surface area contributed by atoms with Gasteiger partial charge in [0.15, 0.2) is 5.82 Å². The van der Waals surface area contributed by atoms with E-state index in [1.54, 1.807) is 0 Å². The Kier molecular flexibility index (Phi) is 8.88. The van der Waals surface area contributed by atoms with Crippen LogP contribution in [-0.2, 0) is 20.1 Å². The maximum atomic E-state index is 4.93. The van der Waals surface area contributed by atoms with Crippen molar-refractivity contribution < 1.29 is 20.1 Å². The van der Waals surface area contributed by atoms with Crippen LogP contribution in [0, 0.1) is 19.9 Å². The van der Waals surface area contributed by atoms with E-state index in [0.29, 0.717) is 5.82 Å². The summed E-state index contributed by atoms with van der Waals surface area (Å²) >= 11 is 0. The molecule has 0 aliphatic rings. The Labute approximate surface area is 278 Å². The van der Waals surface area contributed by atoms with Crippen LogP contribution in [0.3, 0.4) is 0 Å². The van der Waals surface area contributed by atoms with Gasteiger partial charge < -0.3 is 4.98 Å². The molecule has 0 aliphatic heterocycles. The molecule has 0 N–H and O–H groups in total. The molecule has 0 spiro atoms. The van der Waals surface area contributed by atoms with Crippen molar-refractivity contribution in [2.24, 2.45) is 0 Å². The predicted octanol–water partition coefficient (Wildman–Crippen LogP) is 10.3. The van der Waals surface area contributed by atoms with Gasteiger partial charge in [-0.25, -0.2) is 9.97 Å². The van der Waals surface area contributed by atoms with Crippen molar-refractivity contribution in [1.29, 1.82) is 0 Å². The Morgan fingerprint density at radius 2 is 1.02 bits per heavy atom. The first kappa shape index (κ1) is 30.0. The molecule has 2 heterocycles. The summed E-state index contributed by atoms with van der Waals surface area (Å²) < 4.78 is 0. The van der Waals surface area contributed by atoms with Gasteiger partial charge in [-0.1, -0.05) is 138 Å². The van der Waals surface area contributed by atoms with Crippen molar-refractivity contribution in [3.8, 4) is 67.4 Å². The molecular formula is C41H30IrN3-. The van der Waals surface area contributed by atoms with E-state index < -0.39 is 0 Å². The molecule has 0 saturated heterocycles. The van der Waals surface area contributed by atoms with Gasteiger partial charge in [0, 0.05) is 43.0 Å². The molecule has 4 heteroatoms. The van der Waals surface area contributed by atoms with Crippen LogP contribution < -0.4 is 0 Å². The first-order valence-electron chi connectivity index (χ1n) is 14.8. The molecule has 0 amide bonds. The largest absolute Gasteiger partial charge is 0.304 e. The van der Waals surface area contributed by atoms with Crippen molar-refractivity contribution >= 4 is 0 Å². The first-order chi connectivity index (χ1) is 21.6. The molecule has 7 aromatic rings. The van der Waals surface area contributed by atoms with E-state index in [1.807, 2.05) is 60.8 Å². The summed E-state index contributed by atoms with van der Waals surface area (Å²) in [7, 11) is 0. The second-order valence-corrected chi connectivity index (χ2v) is 11.0. The number of nitrogens with zero attached hydrogens (tertiary/aromatic N) is 3. The zero-order valence-electron chi connectivity index (χ0n) is 25.0. The van der Waals surface area contributed by atoms with E-state index >= 15 is 0 Å². The Morgan fingerprint density at radius 1 is 0.467 bits per heavy atom. The van der Waals surface area contributed by atoms with Crippen LogP contribution in [-0.4, -0.2) is 15.0 Å². The van der Waals surface area contributed by atoms with Gasteiger partial charge in [0.05, 0.1) is 11.4 Å². The molecular weight excluding hydrogens is 727 g/mol. The van der Waals surface area contributed by atoms with Gasteiger partial charge in [-0.2, -0.15) is 0 Å². The molecule has 0 aliphatic carbocycles. The SMILES string of the molecule is Cc1cc(C)cc(-c2ccccc2-c2c[c-]c(-c3ccc(-c4nc(-c5ccccc5)cc(-c5ccccc5)n4)cn3)cc2)c1.[Ir]. The Morgan fingerprint density at radius 3 is 1.56 bits per heavy atom. The first-order valence-corrected chi connectivity index (χ1v) is 14.8. The van der Waals surface area contributed by atoms with Crippen LogP contribution in [0.25, 0.3) is 67.4 Å². The van der Waals surface area contributed by atoms with E-state index in [4.69, 9.17) is 15.0 Å². The van der Waals surface area contributed by atoms with Gasteiger partial charge in [0.1, 0.15) is 0 Å². The van der Waals surface area contributed by atoms with Gasteiger partial charge in [0.25, 0.3) is 0 Å². The van der Waals surface area contributed by atoms with E-state index in [1.165, 1.54) is 27.8 Å². The van der Waals surface area contributed by atoms with Crippen LogP contribution in [0.1, 0.15) is 11.1 Å². The molecule has 0 saturated carbocycles. The molecule has 5 aromatic carbocycles. The van der Waals surface area contributed by atoms with E-state index in [-0.39, 0.29) is 20.1 Å². The van der Waals surface area contributed by atoms with Crippen molar-refractivity contribution in [3.05, 3.63) is 163 Å². The third-order valence-corrected chi connectivity index (χ3v) is 7.75. The summed E-state index contributed by atoms with van der Waals surface area (Å²) in [4.78, 5) is 14.7. The standard InChI is InChI=1S/C41H30N3.Ir/c1-28-23-29(2)25-35(24-28)37-16-10-9-15-36(37)30-17-19-33(20-18-30)38-22-21-34(27-42-38)41-43-39(31-11-5-3-6-12-31)26-40(44-41)32-13-7-4-8-14-32;/h3-19,21-27H,1-2H3;/q-1;. The van der Waals surface area contributed by atoms with E-state index in [9.17, 15) is 0 Å². The maximum Gasteiger partial charge on any atom is 0.161 e. The number of hydrogen-bond donors (Lipinski definition) is 0. The van der Waals surface area contributed by atoms with Gasteiger partial charge in [-0.05, 0) is 36.7 Å². The van der Waals surface area contributed by atoms with Crippen molar-refractivity contribution in [3.63, 3.8) is 0 Å². The molecule has 0 unspecified atom stereocenters. The van der Waals surface area contributed by atoms with Gasteiger partial charge >= 0.3 is 0 Å². The van der Waals surface area contributed by atoms with Crippen LogP contribution in [0.15, 0.2) is 146 Å². The fourth-order valence-corrected chi connectivity index (χ4v) is 5.64. The molecule has 2 aromatic heterocycles. The molecule has 1 radical (unpaired) electrons. The maximum absolute atomic E-state index is 4.93. The van der Waals surface area contributed by atoms with Crippen molar-refractivity contribution in [1.82, 2.24) is 15.0 Å². The molecule has 0 fully saturated rings. The average molecular weight is 757 g/mol. The fraction of sp³-hybridized carbons (Fsp3) is 0.0488. The zero-order chi connectivity index (χ0) is 29.9. The molecule has 0 bridgehead atoms. The molecule has 219 valence electrons. The normalized spacial score (nSPS) is 10.7. The summed E-state index contributed by atoms with van der Waals surface area (Å²) in [6, 6.07) is 51.6. The summed E-state index contributed by atoms with van der Waals surface area (Å²) in [5.74, 6) is 0.645. The van der Waals surface area contributed by atoms with Gasteiger partial charge in [0.2, 0.25) is 0 Å². The minimum atomic E-state index is 0. The number of pyridine rings is 1. The van der Waals surface area contributed by atoms with Gasteiger partial charge in [-0.3, -0.25) is 0 Å². The zero-order valence-corrected chi connectivity index (χ0v) is 27.4. The minimum Gasteiger partial charge on any atom is -0.304 e. The Hall–Kier alpha value is -5.02. The Balaban J connectivity index is 0.00000357. The van der Waals surface area contributed by atoms with Gasteiger partial charge in [-0.15, -0.1) is 29.8 Å². The third-order valence-electron chi connectivity index (χ3n) is 7.75. The molecule has 3 nitrogen and oxygen atoms in total. The molecule has 45 heavy (non-hydrogen) atoms. The second kappa shape index (κ2) is 13.3. The van der Waals surface area contributed by atoms with Crippen LogP contribution in [0.5, 0.6) is 0 Å². The summed E-state index contributed by atoms with van der Waals surface area (Å²) in [6.07, 6.45) is 1.85. The average Bonchev–Trinajstić information content (AvgIpc) is 3.08. The number of aryl methyl sites for hydroxylation is 2. The van der Waals surface area contributed by atoms with E-state index in [2.05, 4.69) is 105 Å². The number of rotatable bonds is 6. The van der Waals surface area contributed by atoms with Crippen LogP contribution >= 0.6 is 0 Å². The predicted molar refractivity (Wildman–Crippen MR) is 181 cm³/mol. The third kappa shape index (κ3) is 6.58. The summed E-state index contributed by atoms with van der Waals surface area (Å²) in [5, 5.41) is 0. The molecule has 0 atom stereocenters. The fourth-order valence-electron chi connectivity index (χ4n) is 5.64. The Bertz CT molecular complexity index is 1980.